The van der Waals surface area contributed by atoms with Crippen molar-refractivity contribution in [2.24, 2.45) is 0 Å². The van der Waals surface area contributed by atoms with E-state index in [1.807, 2.05) is 0 Å². The zero-order valence-electron chi connectivity index (χ0n) is 6.35. The van der Waals surface area contributed by atoms with Gasteiger partial charge in [-0.2, -0.15) is 0 Å². The fraction of sp³-hybridized carbons (Fsp3) is 0.857. The standard InChI is InChI=1S/C7H14NO2/c1-7(10)8-5-3-2-4-6-9/h2-6H2,1H3,(H,8,10). The predicted octanol–water partition coefficient (Wildman–Crippen LogP) is 0.723. The van der Waals surface area contributed by atoms with Gasteiger partial charge in [-0.1, -0.05) is 0 Å². The summed E-state index contributed by atoms with van der Waals surface area (Å²) in [5.41, 5.74) is 0. The molecular formula is C7H14NO2. The summed E-state index contributed by atoms with van der Waals surface area (Å²) in [4.78, 5) is 10.3. The second kappa shape index (κ2) is 6.55. The molecule has 0 rings (SSSR count). The maximum absolute atomic E-state index is 10.3. The second-order valence-corrected chi connectivity index (χ2v) is 2.25. The van der Waals surface area contributed by atoms with Gasteiger partial charge in [0.1, 0.15) is 0 Å². The molecule has 1 radical (unpaired) electrons. The van der Waals surface area contributed by atoms with Crippen LogP contribution in [-0.2, 0) is 9.90 Å². The van der Waals surface area contributed by atoms with Crippen molar-refractivity contribution in [3.63, 3.8) is 0 Å². The van der Waals surface area contributed by atoms with Crippen molar-refractivity contribution in [1.82, 2.24) is 5.32 Å². The van der Waals surface area contributed by atoms with Crippen LogP contribution >= 0.6 is 0 Å². The highest BCUT2D eigenvalue weighted by molar-refractivity contribution is 5.72. The van der Waals surface area contributed by atoms with E-state index in [2.05, 4.69) is 5.32 Å². The first kappa shape index (κ1) is 9.43. The van der Waals surface area contributed by atoms with Crippen molar-refractivity contribution < 1.29 is 9.90 Å². The Morgan fingerprint density at radius 1 is 1.30 bits per heavy atom. The third-order valence-corrected chi connectivity index (χ3v) is 1.20. The molecule has 3 nitrogen and oxygen atoms in total. The number of carbonyl (C=O) groups excluding carboxylic acids is 1. The molecule has 0 saturated heterocycles. The van der Waals surface area contributed by atoms with Crippen molar-refractivity contribution in [3.05, 3.63) is 0 Å². The van der Waals surface area contributed by atoms with E-state index in [1.54, 1.807) is 0 Å². The average molecular weight is 144 g/mol. The molecule has 0 saturated carbocycles. The maximum Gasteiger partial charge on any atom is 0.216 e. The minimum atomic E-state index is 0.0000709. The predicted molar refractivity (Wildman–Crippen MR) is 38.1 cm³/mol. The highest BCUT2D eigenvalue weighted by atomic mass is 16.2. The van der Waals surface area contributed by atoms with Gasteiger partial charge in [-0.05, 0) is 19.3 Å². The molecule has 0 aliphatic carbocycles. The van der Waals surface area contributed by atoms with E-state index in [1.165, 1.54) is 6.92 Å². The quantitative estimate of drug-likeness (QED) is 0.568. The molecule has 10 heavy (non-hydrogen) atoms. The molecule has 0 aromatic rings. The lowest BCUT2D eigenvalue weighted by atomic mass is 10.2. The Hall–Kier alpha value is -0.570. The van der Waals surface area contributed by atoms with E-state index in [4.69, 9.17) is 0 Å². The number of unbranched alkanes of at least 4 members (excludes halogenated alkanes) is 2. The van der Waals surface area contributed by atoms with Crippen LogP contribution in [0, 0.1) is 0 Å². The molecule has 0 unspecified atom stereocenters. The lowest BCUT2D eigenvalue weighted by molar-refractivity contribution is -0.118. The van der Waals surface area contributed by atoms with Crippen molar-refractivity contribution in [1.29, 1.82) is 0 Å². The Kier molecular flexibility index (Phi) is 6.18. The minimum Gasteiger partial charge on any atom is -0.356 e. The molecule has 59 valence electrons. The third kappa shape index (κ3) is 7.43. The fourth-order valence-corrected chi connectivity index (χ4v) is 0.668. The minimum absolute atomic E-state index is 0.0000709. The molecular weight excluding hydrogens is 130 g/mol. The van der Waals surface area contributed by atoms with Crippen LogP contribution < -0.4 is 5.32 Å². The molecule has 0 fully saturated rings. The van der Waals surface area contributed by atoms with E-state index in [0.717, 1.165) is 19.3 Å². The molecule has 0 bridgehead atoms. The number of amides is 1. The summed E-state index contributed by atoms with van der Waals surface area (Å²) in [5, 5.41) is 12.6. The number of hydrogen-bond acceptors (Lipinski definition) is 1. The van der Waals surface area contributed by atoms with Crippen LogP contribution in [-0.4, -0.2) is 19.1 Å². The highest BCUT2D eigenvalue weighted by Crippen LogP contribution is 1.91. The van der Waals surface area contributed by atoms with Crippen LogP contribution in [0.15, 0.2) is 0 Å². The molecule has 0 aliphatic heterocycles. The van der Waals surface area contributed by atoms with Gasteiger partial charge in [0, 0.05) is 13.5 Å². The maximum atomic E-state index is 10.3. The molecule has 1 N–H and O–H groups in total. The molecule has 0 aromatic carbocycles. The van der Waals surface area contributed by atoms with Crippen LogP contribution in [0.4, 0.5) is 0 Å². The molecule has 0 aliphatic rings. The third-order valence-electron chi connectivity index (χ3n) is 1.20. The Labute approximate surface area is 61.4 Å². The highest BCUT2D eigenvalue weighted by Gasteiger charge is 1.90. The molecule has 0 atom stereocenters. The number of rotatable bonds is 5. The lowest BCUT2D eigenvalue weighted by Gasteiger charge is -1.99. The average Bonchev–Trinajstić information content (AvgIpc) is 1.87. The fourth-order valence-electron chi connectivity index (χ4n) is 0.668. The first-order chi connectivity index (χ1) is 4.77. The van der Waals surface area contributed by atoms with Crippen molar-refractivity contribution in [2.75, 3.05) is 13.2 Å². The smallest absolute Gasteiger partial charge is 0.216 e. The SMILES string of the molecule is CC(=O)NCCCCC[O]. The largest absolute Gasteiger partial charge is 0.356 e. The topological polar surface area (TPSA) is 49.0 Å². The van der Waals surface area contributed by atoms with Gasteiger partial charge in [-0.25, -0.2) is 5.11 Å². The first-order valence-electron chi connectivity index (χ1n) is 3.60. The van der Waals surface area contributed by atoms with Crippen LogP contribution in [0.3, 0.4) is 0 Å². The molecule has 0 aromatic heterocycles. The Morgan fingerprint density at radius 3 is 2.50 bits per heavy atom. The van der Waals surface area contributed by atoms with Crippen LogP contribution in [0.25, 0.3) is 0 Å². The van der Waals surface area contributed by atoms with Gasteiger partial charge in [0.2, 0.25) is 5.91 Å². The van der Waals surface area contributed by atoms with Gasteiger partial charge in [0.25, 0.3) is 0 Å². The molecule has 1 amide bonds. The summed E-state index contributed by atoms with van der Waals surface area (Å²) in [6.07, 6.45) is 2.56. The zero-order valence-corrected chi connectivity index (χ0v) is 6.35. The Balaban J connectivity index is 2.84. The van der Waals surface area contributed by atoms with E-state index in [0.29, 0.717) is 6.54 Å². The summed E-state index contributed by atoms with van der Waals surface area (Å²) in [5.74, 6) is 0.00197. The van der Waals surface area contributed by atoms with Crippen LogP contribution in [0.5, 0.6) is 0 Å². The van der Waals surface area contributed by atoms with Crippen LogP contribution in [0.1, 0.15) is 26.2 Å². The van der Waals surface area contributed by atoms with Gasteiger partial charge < -0.3 is 5.32 Å². The van der Waals surface area contributed by atoms with Crippen molar-refractivity contribution >= 4 is 5.91 Å². The summed E-state index contributed by atoms with van der Waals surface area (Å²) < 4.78 is 0. The van der Waals surface area contributed by atoms with E-state index >= 15 is 0 Å². The number of hydrogen-bond donors (Lipinski definition) is 1. The Morgan fingerprint density at radius 2 is 2.00 bits per heavy atom. The van der Waals surface area contributed by atoms with E-state index < -0.39 is 0 Å². The van der Waals surface area contributed by atoms with E-state index in [-0.39, 0.29) is 12.5 Å². The summed E-state index contributed by atoms with van der Waals surface area (Å²) in [6, 6.07) is 0. The van der Waals surface area contributed by atoms with Gasteiger partial charge in [-0.15, -0.1) is 0 Å². The second-order valence-electron chi connectivity index (χ2n) is 2.25. The molecule has 0 heterocycles. The Bertz CT molecular complexity index is 93.6. The molecule has 3 heteroatoms. The van der Waals surface area contributed by atoms with Gasteiger partial charge >= 0.3 is 0 Å². The monoisotopic (exact) mass is 144 g/mol. The van der Waals surface area contributed by atoms with Crippen molar-refractivity contribution in [2.45, 2.75) is 26.2 Å². The summed E-state index contributed by atoms with van der Waals surface area (Å²) in [7, 11) is 0. The first-order valence-corrected chi connectivity index (χ1v) is 3.60. The number of carbonyl (C=O) groups is 1. The lowest BCUT2D eigenvalue weighted by Crippen LogP contribution is -2.20. The summed E-state index contributed by atoms with van der Waals surface area (Å²) >= 11 is 0. The summed E-state index contributed by atoms with van der Waals surface area (Å²) in [6.45, 7) is 2.20. The normalized spacial score (nSPS) is 9.40. The molecule has 0 spiro atoms. The zero-order chi connectivity index (χ0) is 7.82. The van der Waals surface area contributed by atoms with Crippen molar-refractivity contribution in [3.8, 4) is 0 Å². The van der Waals surface area contributed by atoms with E-state index in [9.17, 15) is 9.90 Å². The van der Waals surface area contributed by atoms with Gasteiger partial charge in [0.15, 0.2) is 0 Å². The number of nitrogens with one attached hydrogen (secondary N) is 1. The van der Waals surface area contributed by atoms with Crippen LogP contribution in [0.2, 0.25) is 0 Å². The van der Waals surface area contributed by atoms with Gasteiger partial charge in [0.05, 0.1) is 6.61 Å². The van der Waals surface area contributed by atoms with Gasteiger partial charge in [-0.3, -0.25) is 4.79 Å².